The van der Waals surface area contributed by atoms with Crippen LogP contribution in [0.5, 0.6) is 0 Å². The lowest BCUT2D eigenvalue weighted by atomic mass is 9.80. The fourth-order valence-electron chi connectivity index (χ4n) is 2.97. The molecule has 3 rings (SSSR count). The molecule has 0 spiro atoms. The minimum absolute atomic E-state index is 0.0621. The van der Waals surface area contributed by atoms with Crippen molar-refractivity contribution in [2.24, 2.45) is 5.92 Å². The van der Waals surface area contributed by atoms with Gasteiger partial charge in [-0.15, -0.1) is 0 Å². The Morgan fingerprint density at radius 3 is 2.62 bits per heavy atom. The highest BCUT2D eigenvalue weighted by molar-refractivity contribution is 5.75. The molecule has 1 fully saturated rings. The van der Waals surface area contributed by atoms with E-state index in [2.05, 4.69) is 9.97 Å². The van der Waals surface area contributed by atoms with Crippen LogP contribution in [-0.2, 0) is 0 Å². The molecule has 114 valence electrons. The zero-order chi connectivity index (χ0) is 15.2. The van der Waals surface area contributed by atoms with E-state index in [-0.39, 0.29) is 18.4 Å². The number of hydrogen-bond acceptors (Lipinski definition) is 1. The number of aromatic amines is 1. The number of alkyl halides is 3. The molecule has 0 saturated heterocycles. The van der Waals surface area contributed by atoms with Gasteiger partial charge in [-0.1, -0.05) is 6.42 Å². The fourth-order valence-corrected chi connectivity index (χ4v) is 2.97. The highest BCUT2D eigenvalue weighted by Crippen LogP contribution is 2.43. The lowest BCUT2D eigenvalue weighted by Gasteiger charge is -2.29. The molecule has 1 N–H and O–H groups in total. The van der Waals surface area contributed by atoms with Crippen molar-refractivity contribution in [2.45, 2.75) is 37.8 Å². The first-order valence-electron chi connectivity index (χ1n) is 6.76. The number of aromatic nitrogens is 2. The van der Waals surface area contributed by atoms with E-state index in [1.807, 2.05) is 0 Å². The molecular weight excluding hydrogens is 291 g/mol. The van der Waals surface area contributed by atoms with Gasteiger partial charge in [-0.3, -0.25) is 0 Å². The zero-order valence-electron chi connectivity index (χ0n) is 11.0. The van der Waals surface area contributed by atoms with Crippen LogP contribution in [0.3, 0.4) is 0 Å². The van der Waals surface area contributed by atoms with E-state index in [9.17, 15) is 22.0 Å². The maximum absolute atomic E-state index is 13.6. The zero-order valence-corrected chi connectivity index (χ0v) is 11.0. The second kappa shape index (κ2) is 4.96. The summed E-state index contributed by atoms with van der Waals surface area (Å²) in [6.45, 7) is 0. The van der Waals surface area contributed by atoms with Crippen molar-refractivity contribution in [3.8, 4) is 0 Å². The molecule has 1 aliphatic carbocycles. The van der Waals surface area contributed by atoms with Crippen LogP contribution in [-0.4, -0.2) is 16.1 Å². The van der Waals surface area contributed by atoms with E-state index in [1.54, 1.807) is 0 Å². The van der Waals surface area contributed by atoms with Gasteiger partial charge in [0.1, 0.15) is 11.3 Å². The number of imidazole rings is 1. The predicted molar refractivity (Wildman–Crippen MR) is 66.8 cm³/mol. The van der Waals surface area contributed by atoms with Crippen molar-refractivity contribution < 1.29 is 22.0 Å². The highest BCUT2D eigenvalue weighted by Gasteiger charge is 2.43. The van der Waals surface area contributed by atoms with Crippen molar-refractivity contribution in [3.63, 3.8) is 0 Å². The summed E-state index contributed by atoms with van der Waals surface area (Å²) in [6, 6.07) is 2.31. The topological polar surface area (TPSA) is 28.7 Å². The number of H-pyrrole nitrogens is 1. The first-order chi connectivity index (χ1) is 9.86. The number of benzene rings is 1. The van der Waals surface area contributed by atoms with Crippen LogP contribution in [0.15, 0.2) is 12.1 Å². The number of fused-ring (bicyclic) bond motifs is 1. The van der Waals surface area contributed by atoms with Gasteiger partial charge in [0.25, 0.3) is 0 Å². The van der Waals surface area contributed by atoms with Crippen LogP contribution in [0, 0.1) is 17.6 Å². The number of rotatable bonds is 1. The summed E-state index contributed by atoms with van der Waals surface area (Å²) >= 11 is 0. The molecule has 1 aliphatic rings. The van der Waals surface area contributed by atoms with Crippen LogP contribution < -0.4 is 0 Å². The number of nitrogens with zero attached hydrogens (tertiary/aromatic N) is 1. The monoisotopic (exact) mass is 304 g/mol. The van der Waals surface area contributed by atoms with Gasteiger partial charge in [0.05, 0.1) is 11.4 Å². The smallest absolute Gasteiger partial charge is 0.342 e. The third-order valence-corrected chi connectivity index (χ3v) is 4.09. The summed E-state index contributed by atoms with van der Waals surface area (Å²) in [4.78, 5) is 6.80. The summed E-state index contributed by atoms with van der Waals surface area (Å²) in [5.74, 6) is -3.54. The third-order valence-electron chi connectivity index (χ3n) is 4.09. The first kappa shape index (κ1) is 14.3. The molecule has 21 heavy (non-hydrogen) atoms. The van der Waals surface area contributed by atoms with Gasteiger partial charge in [0.15, 0.2) is 11.6 Å². The maximum Gasteiger partial charge on any atom is 0.391 e. The largest absolute Gasteiger partial charge is 0.391 e. The summed E-state index contributed by atoms with van der Waals surface area (Å²) in [7, 11) is 0. The van der Waals surface area contributed by atoms with Crippen molar-refractivity contribution >= 4 is 11.0 Å². The summed E-state index contributed by atoms with van der Waals surface area (Å²) < 4.78 is 65.2. The Labute approximate surface area is 117 Å². The van der Waals surface area contributed by atoms with Gasteiger partial charge in [-0.05, 0) is 31.4 Å². The highest BCUT2D eigenvalue weighted by atomic mass is 19.4. The van der Waals surface area contributed by atoms with E-state index < -0.39 is 29.6 Å². The number of nitrogens with one attached hydrogen (secondary N) is 1. The molecule has 2 nitrogen and oxygen atoms in total. The summed E-state index contributed by atoms with van der Waals surface area (Å²) in [5.41, 5.74) is 0.150. The molecule has 1 saturated carbocycles. The average Bonchev–Trinajstić information content (AvgIpc) is 2.87. The molecule has 0 bridgehead atoms. The van der Waals surface area contributed by atoms with Gasteiger partial charge in [-0.25, -0.2) is 13.8 Å². The van der Waals surface area contributed by atoms with Gasteiger partial charge in [-0.2, -0.15) is 13.2 Å². The first-order valence-corrected chi connectivity index (χ1v) is 6.76. The second-order valence-corrected chi connectivity index (χ2v) is 5.48. The molecule has 0 radical (unpaired) electrons. The Bertz CT molecular complexity index is 661. The minimum Gasteiger partial charge on any atom is -0.342 e. The maximum atomic E-state index is 13.6. The van der Waals surface area contributed by atoms with Crippen LogP contribution >= 0.6 is 0 Å². The molecule has 0 amide bonds. The Kier molecular flexibility index (Phi) is 3.37. The summed E-state index contributed by atoms with van der Waals surface area (Å²) in [5, 5.41) is 0. The Morgan fingerprint density at radius 2 is 1.90 bits per heavy atom. The molecule has 1 heterocycles. The van der Waals surface area contributed by atoms with Crippen LogP contribution in [0.25, 0.3) is 11.0 Å². The number of hydrogen-bond donors (Lipinski definition) is 1. The van der Waals surface area contributed by atoms with Crippen molar-refractivity contribution in [3.05, 3.63) is 29.6 Å². The van der Waals surface area contributed by atoms with E-state index in [4.69, 9.17) is 0 Å². The van der Waals surface area contributed by atoms with Crippen molar-refractivity contribution in [2.75, 3.05) is 0 Å². The van der Waals surface area contributed by atoms with Crippen LogP contribution in [0.4, 0.5) is 22.0 Å². The fraction of sp³-hybridized carbons (Fsp3) is 0.500. The normalized spacial score (nSPS) is 23.7. The SMILES string of the molecule is Fc1ccc2[nH]c(C3CCCC(C(F)(F)F)C3)nc2c1F. The lowest BCUT2D eigenvalue weighted by Crippen LogP contribution is -2.28. The van der Waals surface area contributed by atoms with Crippen LogP contribution in [0.1, 0.15) is 37.4 Å². The molecule has 1 aromatic heterocycles. The molecular formula is C14H13F5N2. The van der Waals surface area contributed by atoms with Gasteiger partial charge in [0.2, 0.25) is 0 Å². The van der Waals surface area contributed by atoms with E-state index in [0.29, 0.717) is 24.2 Å². The van der Waals surface area contributed by atoms with E-state index >= 15 is 0 Å². The molecule has 2 unspecified atom stereocenters. The second-order valence-electron chi connectivity index (χ2n) is 5.48. The molecule has 0 aliphatic heterocycles. The van der Waals surface area contributed by atoms with E-state index in [0.717, 1.165) is 6.07 Å². The minimum atomic E-state index is -4.22. The Balaban J connectivity index is 1.92. The quantitative estimate of drug-likeness (QED) is 0.762. The third kappa shape index (κ3) is 2.61. The molecule has 1 aromatic carbocycles. The average molecular weight is 304 g/mol. The van der Waals surface area contributed by atoms with Gasteiger partial charge in [0, 0.05) is 5.92 Å². The molecule has 7 heteroatoms. The Morgan fingerprint density at radius 1 is 1.14 bits per heavy atom. The predicted octanol–water partition coefficient (Wildman–Crippen LogP) is 4.68. The standard InChI is InChI=1S/C14H13F5N2/c15-9-4-5-10-12(11(9)16)21-13(20-10)7-2-1-3-8(6-7)14(17,18)19/h4-5,7-8H,1-3,6H2,(H,20,21). The number of halogens is 5. The van der Waals surface area contributed by atoms with E-state index in [1.165, 1.54) is 6.07 Å². The molecule has 2 aromatic rings. The summed E-state index contributed by atoms with van der Waals surface area (Å²) in [6.07, 6.45) is -3.15. The van der Waals surface area contributed by atoms with Crippen molar-refractivity contribution in [1.82, 2.24) is 9.97 Å². The van der Waals surface area contributed by atoms with Gasteiger partial charge < -0.3 is 4.98 Å². The van der Waals surface area contributed by atoms with Crippen molar-refractivity contribution in [1.29, 1.82) is 0 Å². The molecule has 2 atom stereocenters. The van der Waals surface area contributed by atoms with Crippen LogP contribution in [0.2, 0.25) is 0 Å². The Hall–Kier alpha value is -1.66. The lowest BCUT2D eigenvalue weighted by molar-refractivity contribution is -0.183. The van der Waals surface area contributed by atoms with Gasteiger partial charge >= 0.3 is 6.18 Å².